The van der Waals surface area contributed by atoms with Crippen LogP contribution >= 0.6 is 15.9 Å². The van der Waals surface area contributed by atoms with Crippen LogP contribution in [0.2, 0.25) is 0 Å². The summed E-state index contributed by atoms with van der Waals surface area (Å²) in [4.78, 5) is 13.1. The molecular formula is C9H16BrNO2. The van der Waals surface area contributed by atoms with Crippen LogP contribution in [0.25, 0.3) is 0 Å². The van der Waals surface area contributed by atoms with Crippen molar-refractivity contribution >= 4 is 21.9 Å². The molecule has 13 heavy (non-hydrogen) atoms. The van der Waals surface area contributed by atoms with Gasteiger partial charge in [-0.1, -0.05) is 29.4 Å². The van der Waals surface area contributed by atoms with Crippen LogP contribution in [0.3, 0.4) is 0 Å². The molecule has 0 aromatic rings. The molecule has 1 atom stereocenters. The third-order valence-corrected chi connectivity index (χ3v) is 1.88. The fourth-order valence-electron chi connectivity index (χ4n) is 1.10. The standard InChI is InChI=1S/C9H16BrNO2/c1-7(9(12)13-4)5-11(3)6-8(2)10/h7H,2,5-6H2,1,3-4H3. The molecule has 4 heteroatoms. The fourth-order valence-corrected chi connectivity index (χ4v) is 1.53. The number of likely N-dealkylation sites (N-methyl/N-ethyl adjacent to an activating group) is 1. The summed E-state index contributed by atoms with van der Waals surface area (Å²) in [7, 11) is 3.34. The third kappa shape index (κ3) is 5.82. The monoisotopic (exact) mass is 249 g/mol. The quantitative estimate of drug-likeness (QED) is 0.694. The van der Waals surface area contributed by atoms with Gasteiger partial charge in [0.25, 0.3) is 0 Å². The van der Waals surface area contributed by atoms with Crippen molar-refractivity contribution in [2.75, 3.05) is 27.2 Å². The Morgan fingerprint density at radius 1 is 1.69 bits per heavy atom. The second-order valence-corrected chi connectivity index (χ2v) is 4.26. The van der Waals surface area contributed by atoms with Crippen LogP contribution in [0.4, 0.5) is 0 Å². The first-order valence-electron chi connectivity index (χ1n) is 4.07. The van der Waals surface area contributed by atoms with Crippen LogP contribution in [0.1, 0.15) is 6.92 Å². The van der Waals surface area contributed by atoms with E-state index in [0.717, 1.165) is 11.0 Å². The van der Waals surface area contributed by atoms with Crippen molar-refractivity contribution < 1.29 is 9.53 Å². The van der Waals surface area contributed by atoms with Crippen molar-refractivity contribution in [3.63, 3.8) is 0 Å². The Hall–Kier alpha value is -0.350. The van der Waals surface area contributed by atoms with E-state index in [2.05, 4.69) is 27.2 Å². The average Bonchev–Trinajstić information content (AvgIpc) is 2.01. The first kappa shape index (κ1) is 12.7. The van der Waals surface area contributed by atoms with Crippen molar-refractivity contribution in [1.82, 2.24) is 4.90 Å². The summed E-state index contributed by atoms with van der Waals surface area (Å²) in [5.74, 6) is -0.270. The molecule has 0 aliphatic carbocycles. The van der Waals surface area contributed by atoms with Crippen LogP contribution < -0.4 is 0 Å². The maximum absolute atomic E-state index is 11.1. The SMILES string of the molecule is C=C(Br)CN(C)CC(C)C(=O)OC. The number of hydrogen-bond acceptors (Lipinski definition) is 3. The lowest BCUT2D eigenvalue weighted by atomic mass is 10.2. The lowest BCUT2D eigenvalue weighted by molar-refractivity contribution is -0.145. The number of carbonyl (C=O) groups is 1. The lowest BCUT2D eigenvalue weighted by Gasteiger charge is -2.19. The van der Waals surface area contributed by atoms with Crippen molar-refractivity contribution in [3.8, 4) is 0 Å². The molecule has 0 fully saturated rings. The largest absolute Gasteiger partial charge is 0.469 e. The molecular weight excluding hydrogens is 234 g/mol. The minimum absolute atomic E-state index is 0.0955. The second kappa shape index (κ2) is 6.16. The summed E-state index contributed by atoms with van der Waals surface area (Å²) in [6.07, 6.45) is 0. The minimum atomic E-state index is -0.174. The van der Waals surface area contributed by atoms with E-state index in [4.69, 9.17) is 0 Å². The van der Waals surface area contributed by atoms with Gasteiger partial charge in [-0.15, -0.1) is 0 Å². The fraction of sp³-hybridized carbons (Fsp3) is 0.667. The average molecular weight is 250 g/mol. The van der Waals surface area contributed by atoms with Crippen molar-refractivity contribution in [3.05, 3.63) is 11.1 Å². The van der Waals surface area contributed by atoms with Crippen LogP contribution in [0, 0.1) is 5.92 Å². The normalized spacial score (nSPS) is 12.7. The summed E-state index contributed by atoms with van der Waals surface area (Å²) >= 11 is 3.27. The molecule has 0 radical (unpaired) electrons. The Bertz CT molecular complexity index is 194. The summed E-state index contributed by atoms with van der Waals surface area (Å²) < 4.78 is 5.53. The van der Waals surface area contributed by atoms with Crippen molar-refractivity contribution in [1.29, 1.82) is 0 Å². The summed E-state index contributed by atoms with van der Waals surface area (Å²) in [6.45, 7) is 6.99. The molecule has 76 valence electrons. The number of halogens is 1. The van der Waals surface area contributed by atoms with E-state index in [-0.39, 0.29) is 11.9 Å². The Morgan fingerprint density at radius 2 is 2.23 bits per heavy atom. The van der Waals surface area contributed by atoms with Gasteiger partial charge < -0.3 is 9.64 Å². The van der Waals surface area contributed by atoms with E-state index in [0.29, 0.717) is 6.54 Å². The molecule has 1 unspecified atom stereocenters. The van der Waals surface area contributed by atoms with E-state index in [1.54, 1.807) is 0 Å². The molecule has 0 aromatic carbocycles. The molecule has 0 heterocycles. The van der Waals surface area contributed by atoms with Gasteiger partial charge in [0.1, 0.15) is 0 Å². The molecule has 0 bridgehead atoms. The Morgan fingerprint density at radius 3 is 2.62 bits per heavy atom. The van der Waals surface area contributed by atoms with Gasteiger partial charge in [0.15, 0.2) is 0 Å². The van der Waals surface area contributed by atoms with E-state index >= 15 is 0 Å². The Labute approximate surface area is 87.9 Å². The van der Waals surface area contributed by atoms with Crippen LogP contribution in [-0.4, -0.2) is 38.1 Å². The molecule has 0 saturated heterocycles. The van der Waals surface area contributed by atoms with Gasteiger partial charge in [0.2, 0.25) is 0 Å². The highest BCUT2D eigenvalue weighted by atomic mass is 79.9. The molecule has 0 saturated carbocycles. The molecule has 0 aliphatic heterocycles. The molecule has 0 rings (SSSR count). The van der Waals surface area contributed by atoms with Gasteiger partial charge >= 0.3 is 5.97 Å². The zero-order valence-electron chi connectivity index (χ0n) is 8.34. The number of hydrogen-bond donors (Lipinski definition) is 0. The summed E-state index contributed by atoms with van der Waals surface area (Å²) in [5.41, 5.74) is 0. The van der Waals surface area contributed by atoms with Crippen LogP contribution in [-0.2, 0) is 9.53 Å². The predicted molar refractivity (Wildman–Crippen MR) is 56.7 cm³/mol. The molecule has 0 spiro atoms. The zero-order chi connectivity index (χ0) is 10.4. The zero-order valence-corrected chi connectivity index (χ0v) is 9.93. The van der Waals surface area contributed by atoms with Crippen molar-refractivity contribution in [2.24, 2.45) is 5.92 Å². The van der Waals surface area contributed by atoms with Gasteiger partial charge in [0.05, 0.1) is 13.0 Å². The highest BCUT2D eigenvalue weighted by molar-refractivity contribution is 9.11. The third-order valence-electron chi connectivity index (χ3n) is 1.63. The molecule has 0 aliphatic rings. The minimum Gasteiger partial charge on any atom is -0.469 e. The van der Waals surface area contributed by atoms with Gasteiger partial charge in [-0.05, 0) is 7.05 Å². The van der Waals surface area contributed by atoms with E-state index in [1.807, 2.05) is 18.9 Å². The van der Waals surface area contributed by atoms with Crippen LogP contribution in [0.15, 0.2) is 11.1 Å². The molecule has 0 aromatic heterocycles. The lowest BCUT2D eigenvalue weighted by Crippen LogP contribution is -2.30. The van der Waals surface area contributed by atoms with Gasteiger partial charge in [0, 0.05) is 17.6 Å². The van der Waals surface area contributed by atoms with E-state index in [1.165, 1.54) is 7.11 Å². The van der Waals surface area contributed by atoms with Gasteiger partial charge in [-0.25, -0.2) is 0 Å². The van der Waals surface area contributed by atoms with E-state index in [9.17, 15) is 4.79 Å². The van der Waals surface area contributed by atoms with Gasteiger partial charge in [-0.2, -0.15) is 0 Å². The number of nitrogens with zero attached hydrogens (tertiary/aromatic N) is 1. The molecule has 3 nitrogen and oxygen atoms in total. The summed E-state index contributed by atoms with van der Waals surface area (Å²) in [5, 5.41) is 0. The molecule has 0 N–H and O–H groups in total. The number of methoxy groups -OCH3 is 1. The maximum Gasteiger partial charge on any atom is 0.309 e. The first-order valence-corrected chi connectivity index (χ1v) is 4.86. The highest BCUT2D eigenvalue weighted by Crippen LogP contribution is 2.06. The number of ether oxygens (including phenoxy) is 1. The topological polar surface area (TPSA) is 29.5 Å². The Balaban J connectivity index is 3.83. The molecule has 0 amide bonds. The van der Waals surface area contributed by atoms with Crippen molar-refractivity contribution in [2.45, 2.75) is 6.92 Å². The van der Waals surface area contributed by atoms with E-state index < -0.39 is 0 Å². The highest BCUT2D eigenvalue weighted by Gasteiger charge is 2.15. The predicted octanol–water partition coefficient (Wildman–Crippen LogP) is 1.64. The maximum atomic E-state index is 11.1. The number of carbonyl (C=O) groups excluding carboxylic acids is 1. The number of esters is 1. The second-order valence-electron chi connectivity index (χ2n) is 3.14. The number of rotatable bonds is 5. The first-order chi connectivity index (χ1) is 5.97. The van der Waals surface area contributed by atoms with Crippen LogP contribution in [0.5, 0.6) is 0 Å². The summed E-state index contributed by atoms with van der Waals surface area (Å²) in [6, 6.07) is 0. The smallest absolute Gasteiger partial charge is 0.309 e. The Kier molecular flexibility index (Phi) is 5.99. The van der Waals surface area contributed by atoms with Gasteiger partial charge in [-0.3, -0.25) is 4.79 Å².